The largest absolute Gasteiger partial charge is 0.493 e. The second-order valence-corrected chi connectivity index (χ2v) is 13.7. The van der Waals surface area contributed by atoms with Crippen molar-refractivity contribution in [1.82, 2.24) is 15.5 Å². The Balaban J connectivity index is 2.22. The number of amides is 4. The first-order valence-electron chi connectivity index (χ1n) is 17.2. The highest BCUT2D eigenvalue weighted by Gasteiger charge is 2.35. The lowest BCUT2D eigenvalue weighted by atomic mass is 9.89. The molecule has 0 aliphatic carbocycles. The number of hydrogen-bond donors (Lipinski definition) is 4. The van der Waals surface area contributed by atoms with Crippen LogP contribution in [0.3, 0.4) is 0 Å². The van der Waals surface area contributed by atoms with E-state index in [2.05, 4.69) is 10.6 Å². The van der Waals surface area contributed by atoms with Crippen molar-refractivity contribution >= 4 is 35.6 Å². The third kappa shape index (κ3) is 11.4. The molecule has 1 aliphatic heterocycles. The van der Waals surface area contributed by atoms with Gasteiger partial charge in [0.2, 0.25) is 17.7 Å². The molecule has 0 saturated heterocycles. The lowest BCUT2D eigenvalue weighted by Crippen LogP contribution is -2.48. The van der Waals surface area contributed by atoms with Crippen molar-refractivity contribution in [2.24, 2.45) is 17.4 Å². The lowest BCUT2D eigenvalue weighted by molar-refractivity contribution is -0.145. The number of ether oxygens (including phenoxy) is 4. The maximum atomic E-state index is 14.1. The maximum absolute atomic E-state index is 14.1. The van der Waals surface area contributed by atoms with E-state index in [9.17, 15) is 28.8 Å². The van der Waals surface area contributed by atoms with Crippen LogP contribution in [-0.2, 0) is 39.9 Å². The van der Waals surface area contributed by atoms with Gasteiger partial charge < -0.3 is 45.9 Å². The van der Waals surface area contributed by atoms with Crippen molar-refractivity contribution in [3.8, 4) is 22.6 Å². The molecule has 52 heavy (non-hydrogen) atoms. The van der Waals surface area contributed by atoms with Gasteiger partial charge in [0.05, 0.1) is 32.7 Å². The number of esters is 1. The quantitative estimate of drug-likeness (QED) is 0.184. The van der Waals surface area contributed by atoms with Crippen LogP contribution in [0.25, 0.3) is 11.1 Å². The highest BCUT2D eigenvalue weighted by molar-refractivity contribution is 5.96. The molecule has 6 N–H and O–H groups in total. The van der Waals surface area contributed by atoms with E-state index in [-0.39, 0.29) is 26.0 Å². The average molecular weight is 726 g/mol. The Bertz CT molecular complexity index is 1640. The molecule has 4 bridgehead atoms. The number of nitrogens with one attached hydrogen (secondary N) is 2. The molecule has 4 amide bonds. The lowest BCUT2D eigenvalue weighted by Gasteiger charge is -2.31. The number of primary amides is 1. The Kier molecular flexibility index (Phi) is 14.6. The summed E-state index contributed by atoms with van der Waals surface area (Å²) in [6.45, 7) is 9.27. The molecular formula is C37H51N5O10. The van der Waals surface area contributed by atoms with Crippen LogP contribution in [0.5, 0.6) is 11.5 Å². The summed E-state index contributed by atoms with van der Waals surface area (Å²) in [6.07, 6.45) is -0.611. The minimum atomic E-state index is -1.32. The molecule has 1 aliphatic rings. The molecular weight excluding hydrogens is 674 g/mol. The number of benzene rings is 2. The number of rotatable bonds is 12. The number of alkyl carbamates (subject to hydrolysis) is 1. The van der Waals surface area contributed by atoms with Crippen molar-refractivity contribution < 1.29 is 47.7 Å². The highest BCUT2D eigenvalue weighted by atomic mass is 16.6. The summed E-state index contributed by atoms with van der Waals surface area (Å²) in [7, 11) is 2.60. The van der Waals surface area contributed by atoms with Gasteiger partial charge in [0.25, 0.3) is 0 Å². The predicted octanol–water partition coefficient (Wildman–Crippen LogP) is 2.56. The molecule has 1 heterocycles. The number of ketones is 1. The van der Waals surface area contributed by atoms with Gasteiger partial charge in [-0.25, -0.2) is 9.59 Å². The van der Waals surface area contributed by atoms with Gasteiger partial charge in [-0.1, -0.05) is 26.0 Å². The SMILES string of the molecule is CCCOc1ccc2cc1-c1cc(ccc1OCCNC(=O)OC(C)(C)C)C[C@@H](C(=O)OC)NC(=O)[C@H](C)CC(=O)[C@H]2N(C)C(=O)[C@@H](N)CC(N)=O. The molecule has 0 spiro atoms. The first-order valence-corrected chi connectivity index (χ1v) is 17.2. The predicted molar refractivity (Wildman–Crippen MR) is 191 cm³/mol. The molecule has 3 rings (SSSR count). The van der Waals surface area contributed by atoms with Crippen LogP contribution in [0, 0.1) is 5.92 Å². The highest BCUT2D eigenvalue weighted by Crippen LogP contribution is 2.40. The normalized spacial score (nSPS) is 18.2. The fraction of sp³-hybridized carbons (Fsp3) is 0.514. The first-order chi connectivity index (χ1) is 24.4. The summed E-state index contributed by atoms with van der Waals surface area (Å²) < 4.78 is 22.6. The Hall–Kier alpha value is -5.18. The monoisotopic (exact) mass is 725 g/mol. The topological polar surface area (TPSA) is 219 Å². The minimum absolute atomic E-state index is 0.0469. The van der Waals surface area contributed by atoms with Crippen LogP contribution >= 0.6 is 0 Å². The first kappa shape index (κ1) is 41.2. The van der Waals surface area contributed by atoms with Crippen LogP contribution in [0.2, 0.25) is 0 Å². The van der Waals surface area contributed by atoms with Crippen LogP contribution < -0.4 is 31.6 Å². The summed E-state index contributed by atoms with van der Waals surface area (Å²) in [4.78, 5) is 78.9. The van der Waals surface area contributed by atoms with Crippen molar-refractivity contribution in [3.63, 3.8) is 0 Å². The van der Waals surface area contributed by atoms with E-state index in [1.54, 1.807) is 64.1 Å². The summed E-state index contributed by atoms with van der Waals surface area (Å²) in [5.74, 6) is -3.33. The van der Waals surface area contributed by atoms with Gasteiger partial charge in [-0.3, -0.25) is 19.2 Å². The maximum Gasteiger partial charge on any atom is 0.407 e. The summed E-state index contributed by atoms with van der Waals surface area (Å²) in [5, 5.41) is 5.37. The Morgan fingerprint density at radius 3 is 2.25 bits per heavy atom. The zero-order chi connectivity index (χ0) is 38.7. The number of fused-ring (bicyclic) bond motifs is 5. The Morgan fingerprint density at radius 1 is 1.00 bits per heavy atom. The van der Waals surface area contributed by atoms with Crippen LogP contribution in [0.4, 0.5) is 4.79 Å². The minimum Gasteiger partial charge on any atom is -0.493 e. The van der Waals surface area contributed by atoms with Gasteiger partial charge in [-0.05, 0) is 62.6 Å². The van der Waals surface area contributed by atoms with Gasteiger partial charge in [0.15, 0.2) is 5.78 Å². The van der Waals surface area contributed by atoms with Gasteiger partial charge in [0.1, 0.15) is 35.8 Å². The van der Waals surface area contributed by atoms with Crippen molar-refractivity contribution in [2.45, 2.75) is 84.0 Å². The van der Waals surface area contributed by atoms with E-state index in [0.717, 1.165) is 4.90 Å². The molecule has 2 aromatic rings. The van der Waals surface area contributed by atoms with Crippen molar-refractivity contribution in [1.29, 1.82) is 0 Å². The molecule has 0 radical (unpaired) electrons. The van der Waals surface area contributed by atoms with E-state index in [4.69, 9.17) is 30.4 Å². The number of likely N-dealkylation sites (N-methyl/N-ethyl adjacent to an activating group) is 1. The summed E-state index contributed by atoms with van der Waals surface area (Å²) in [6, 6.07) is 6.60. The Labute approximate surface area is 304 Å². The number of nitrogens with two attached hydrogens (primary N) is 2. The Morgan fingerprint density at radius 2 is 1.63 bits per heavy atom. The number of Topliss-reactive ketones (excluding diaryl/α,β-unsaturated/α-hetero) is 1. The van der Waals surface area contributed by atoms with E-state index in [1.807, 2.05) is 6.92 Å². The van der Waals surface area contributed by atoms with Gasteiger partial charge in [-0.15, -0.1) is 0 Å². The number of carbonyl (C=O) groups is 6. The second kappa shape index (κ2) is 18.4. The zero-order valence-electron chi connectivity index (χ0n) is 30.9. The third-order valence-corrected chi connectivity index (χ3v) is 8.12. The van der Waals surface area contributed by atoms with E-state index >= 15 is 0 Å². The molecule has 284 valence electrons. The third-order valence-electron chi connectivity index (χ3n) is 8.12. The summed E-state index contributed by atoms with van der Waals surface area (Å²) >= 11 is 0. The van der Waals surface area contributed by atoms with Gasteiger partial charge >= 0.3 is 12.1 Å². The number of methoxy groups -OCH3 is 1. The van der Waals surface area contributed by atoms with Gasteiger partial charge in [-0.2, -0.15) is 0 Å². The molecule has 0 aromatic heterocycles. The number of nitrogens with zero attached hydrogens (tertiary/aromatic N) is 1. The van der Waals surface area contributed by atoms with Crippen LogP contribution in [-0.4, -0.2) is 92.1 Å². The van der Waals surface area contributed by atoms with E-state index < -0.39 is 71.6 Å². The molecule has 2 aromatic carbocycles. The van der Waals surface area contributed by atoms with Crippen LogP contribution in [0.15, 0.2) is 36.4 Å². The fourth-order valence-corrected chi connectivity index (χ4v) is 5.64. The van der Waals surface area contributed by atoms with Crippen molar-refractivity contribution in [2.75, 3.05) is 33.9 Å². The molecule has 0 unspecified atom stereocenters. The molecule has 0 fully saturated rings. The average Bonchev–Trinajstić information content (AvgIpc) is 3.07. The molecule has 4 atom stereocenters. The smallest absolute Gasteiger partial charge is 0.407 e. The standard InChI is InChI=1S/C37H51N5O10/c1-8-14-50-30-12-10-23-19-25(30)24-17-22(9-11-29(24)51-15-13-40-36(48)52-37(3,4)5)18-27(35(47)49-7)41-33(45)21(2)16-28(43)32(23)42(6)34(46)26(38)20-31(39)44/h9-12,17,19,21,26-27,32H,8,13-16,18,20,38H2,1-7H3,(H2,39,44)(H,40,48)(H,41,45)/t21-,26+,27+,32+/m1/s1. The zero-order valence-corrected chi connectivity index (χ0v) is 30.9. The molecule has 15 nitrogen and oxygen atoms in total. The molecule has 15 heteroatoms. The number of carbonyl (C=O) groups excluding carboxylic acids is 6. The summed E-state index contributed by atoms with van der Waals surface area (Å²) in [5.41, 5.74) is 12.7. The van der Waals surface area contributed by atoms with Gasteiger partial charge in [0, 0.05) is 36.9 Å². The second-order valence-electron chi connectivity index (χ2n) is 13.7. The molecule has 0 saturated carbocycles. The van der Waals surface area contributed by atoms with E-state index in [0.29, 0.717) is 46.8 Å². The fourth-order valence-electron chi connectivity index (χ4n) is 5.64. The van der Waals surface area contributed by atoms with Crippen LogP contribution in [0.1, 0.15) is 71.0 Å². The van der Waals surface area contributed by atoms with E-state index in [1.165, 1.54) is 14.2 Å². The number of hydrogen-bond acceptors (Lipinski definition) is 11. The van der Waals surface area contributed by atoms with Crippen molar-refractivity contribution in [3.05, 3.63) is 47.5 Å².